The van der Waals surface area contributed by atoms with Crippen LogP contribution in [0.1, 0.15) is 12.8 Å². The van der Waals surface area contributed by atoms with E-state index in [2.05, 4.69) is 36.5 Å². The molecule has 0 radical (unpaired) electrons. The van der Waals surface area contributed by atoms with Gasteiger partial charge in [0.15, 0.2) is 0 Å². The molecule has 1 nitrogen and oxygen atoms in total. The smallest absolute Gasteiger partial charge is 0.0534 e. The molecule has 0 spiro atoms. The second-order valence-corrected chi connectivity index (χ2v) is 3.48. The molecule has 0 unspecified atom stereocenters. The number of aliphatic hydroxyl groups excluding tert-OH is 1. The van der Waals surface area contributed by atoms with Crippen LogP contribution in [0.25, 0.3) is 0 Å². The Bertz CT molecular complexity index is 286. The van der Waals surface area contributed by atoms with Crippen molar-refractivity contribution in [3.05, 3.63) is 47.6 Å². The molecule has 0 saturated heterocycles. The fourth-order valence-electron chi connectivity index (χ4n) is 1.92. The van der Waals surface area contributed by atoms with Gasteiger partial charge in [-0.25, -0.2) is 0 Å². The van der Waals surface area contributed by atoms with Crippen molar-refractivity contribution in [2.24, 2.45) is 5.92 Å². The van der Waals surface area contributed by atoms with Crippen molar-refractivity contribution in [1.82, 2.24) is 0 Å². The van der Waals surface area contributed by atoms with E-state index >= 15 is 0 Å². The zero-order valence-corrected chi connectivity index (χ0v) is 11.7. The minimum atomic E-state index is 0. The van der Waals surface area contributed by atoms with Crippen LogP contribution in [0.2, 0.25) is 0 Å². The molecule has 0 heterocycles. The van der Waals surface area contributed by atoms with Crippen molar-refractivity contribution >= 4 is 0 Å². The third kappa shape index (κ3) is 3.55. The Kier molecular flexibility index (Phi) is 7.43. The molecule has 80 valence electrons. The Hall–Kier alpha value is 0.0931. The first kappa shape index (κ1) is 15.1. The Balaban J connectivity index is 0.000000980. The summed E-state index contributed by atoms with van der Waals surface area (Å²) in [6, 6.07) is 0. The van der Waals surface area contributed by atoms with Crippen LogP contribution in [0.5, 0.6) is 0 Å². The van der Waals surface area contributed by atoms with E-state index in [0.29, 0.717) is 0 Å². The van der Waals surface area contributed by atoms with Gasteiger partial charge in [0.05, 0.1) is 6.61 Å². The van der Waals surface area contributed by atoms with Crippen molar-refractivity contribution in [2.45, 2.75) is 12.8 Å². The largest absolute Gasteiger partial charge is 1.00 e. The monoisotopic (exact) mass is 299 g/mol. The van der Waals surface area contributed by atoms with Gasteiger partial charge in [-0.15, -0.1) is 0 Å². The van der Waals surface area contributed by atoms with Crippen molar-refractivity contribution in [1.29, 1.82) is 0 Å². The molecule has 0 atom stereocenters. The topological polar surface area (TPSA) is 20.2 Å². The zero-order valence-electron chi connectivity index (χ0n) is 8.49. The molecule has 3 heteroatoms. The molecule has 0 bridgehead atoms. The van der Waals surface area contributed by atoms with Gasteiger partial charge < -0.3 is 17.5 Å². The van der Waals surface area contributed by atoms with Gasteiger partial charge in [0.1, 0.15) is 0 Å². The predicted molar refractivity (Wildman–Crippen MR) is 54.3 cm³/mol. The second-order valence-electron chi connectivity index (χ2n) is 3.48. The van der Waals surface area contributed by atoms with E-state index in [4.69, 9.17) is 0 Å². The van der Waals surface area contributed by atoms with Crippen molar-refractivity contribution in [3.8, 4) is 0 Å². The van der Waals surface area contributed by atoms with Gasteiger partial charge in [0.2, 0.25) is 0 Å². The molecule has 2 aliphatic carbocycles. The Morgan fingerprint density at radius 1 is 1.07 bits per heavy atom. The van der Waals surface area contributed by atoms with Crippen LogP contribution in [0.4, 0.5) is 0 Å². The molecule has 0 aromatic carbocycles. The van der Waals surface area contributed by atoms with Crippen LogP contribution in [0, 0.1) is 5.92 Å². The number of allylic oxidation sites excluding steroid dienone is 6. The third-order valence-electron chi connectivity index (χ3n) is 2.68. The van der Waals surface area contributed by atoms with Gasteiger partial charge in [0.25, 0.3) is 0 Å². The summed E-state index contributed by atoms with van der Waals surface area (Å²) >= 11 is 0. The van der Waals surface area contributed by atoms with Crippen LogP contribution < -0.4 is 12.4 Å². The average molecular weight is 301 g/mol. The van der Waals surface area contributed by atoms with Crippen LogP contribution in [-0.4, -0.2) is 11.7 Å². The second kappa shape index (κ2) is 7.38. The Morgan fingerprint density at radius 2 is 1.53 bits per heavy atom. The fraction of sp³-hybridized carbons (Fsp3) is 0.333. The predicted octanol–water partition coefficient (Wildman–Crippen LogP) is -0.631. The van der Waals surface area contributed by atoms with E-state index in [9.17, 15) is 5.11 Å². The Labute approximate surface area is 116 Å². The van der Waals surface area contributed by atoms with Gasteiger partial charge in [-0.1, -0.05) is 47.6 Å². The summed E-state index contributed by atoms with van der Waals surface area (Å²) in [6.07, 6.45) is 14.7. The molecule has 0 fully saturated rings. The molecule has 15 heavy (non-hydrogen) atoms. The van der Waals surface area contributed by atoms with Crippen LogP contribution >= 0.6 is 0 Å². The summed E-state index contributed by atoms with van der Waals surface area (Å²) in [4.78, 5) is 0. The number of halogens is 1. The quantitative estimate of drug-likeness (QED) is 0.736. The first-order valence-electron chi connectivity index (χ1n) is 4.74. The Morgan fingerprint density at radius 3 is 1.80 bits per heavy atom. The van der Waals surface area contributed by atoms with Crippen molar-refractivity contribution < 1.29 is 43.7 Å². The summed E-state index contributed by atoms with van der Waals surface area (Å²) in [5.41, 5.74) is 2.69. The zero-order chi connectivity index (χ0) is 9.10. The molecule has 0 aromatic rings. The van der Waals surface area contributed by atoms with E-state index in [1.54, 1.807) is 0 Å². The molecular formula is C12H14ClOZr-. The first-order chi connectivity index (χ1) is 6.42. The molecule has 2 aliphatic rings. The summed E-state index contributed by atoms with van der Waals surface area (Å²) in [6.45, 7) is 0.237. The average Bonchev–Trinajstić information content (AvgIpc) is 2.76. The minimum Gasteiger partial charge on any atom is -1.00 e. The number of rotatable bonds is 3. The van der Waals surface area contributed by atoms with Crippen LogP contribution in [-0.2, 0) is 26.2 Å². The SMILES string of the molecule is OCC(C1=CC=CC1)C1=CC=CC1.[Cl-].[Zr]. The van der Waals surface area contributed by atoms with E-state index in [1.165, 1.54) is 11.1 Å². The summed E-state index contributed by atoms with van der Waals surface area (Å²) in [7, 11) is 0. The molecule has 0 aromatic heterocycles. The van der Waals surface area contributed by atoms with Gasteiger partial charge >= 0.3 is 0 Å². The van der Waals surface area contributed by atoms with Crippen LogP contribution in [0.3, 0.4) is 0 Å². The van der Waals surface area contributed by atoms with Gasteiger partial charge in [0, 0.05) is 32.1 Å². The maximum Gasteiger partial charge on any atom is 0.0534 e. The maximum absolute atomic E-state index is 9.31. The normalized spacial score (nSPS) is 17.2. The van der Waals surface area contributed by atoms with Crippen molar-refractivity contribution in [3.63, 3.8) is 0 Å². The first-order valence-corrected chi connectivity index (χ1v) is 4.74. The van der Waals surface area contributed by atoms with E-state index in [-0.39, 0.29) is 51.1 Å². The number of aliphatic hydroxyl groups is 1. The number of hydrogen-bond donors (Lipinski definition) is 1. The van der Waals surface area contributed by atoms with Gasteiger partial charge in [-0.05, 0) is 12.8 Å². The minimum absolute atomic E-state index is 0. The van der Waals surface area contributed by atoms with Gasteiger partial charge in [-0.3, -0.25) is 0 Å². The van der Waals surface area contributed by atoms with Crippen molar-refractivity contribution in [2.75, 3.05) is 6.61 Å². The third-order valence-corrected chi connectivity index (χ3v) is 2.68. The van der Waals surface area contributed by atoms with Gasteiger partial charge in [-0.2, -0.15) is 0 Å². The summed E-state index contributed by atoms with van der Waals surface area (Å²) in [5.74, 6) is 0.255. The summed E-state index contributed by atoms with van der Waals surface area (Å²) in [5, 5.41) is 9.31. The van der Waals surface area contributed by atoms with Crippen LogP contribution in [0.15, 0.2) is 47.6 Å². The molecule has 1 N–H and O–H groups in total. The van der Waals surface area contributed by atoms with E-state index in [1.807, 2.05) is 0 Å². The molecule has 2 rings (SSSR count). The molecule has 0 amide bonds. The molecule has 0 aliphatic heterocycles. The molecular weight excluding hydrogens is 287 g/mol. The standard InChI is InChI=1S/C12H14O.ClH.Zr/c13-9-12(10-5-1-2-6-10)11-7-3-4-8-11;;/h1-5,7,12-13H,6,8-9H2;1H;/p-1. The number of hydrogen-bond acceptors (Lipinski definition) is 1. The fourth-order valence-corrected chi connectivity index (χ4v) is 1.92. The maximum atomic E-state index is 9.31. The summed E-state index contributed by atoms with van der Waals surface area (Å²) < 4.78 is 0. The van der Waals surface area contributed by atoms with E-state index in [0.717, 1.165) is 12.8 Å². The molecule has 0 saturated carbocycles. The van der Waals surface area contributed by atoms with E-state index < -0.39 is 0 Å².